The van der Waals surface area contributed by atoms with Crippen LogP contribution in [0.15, 0.2) is 67.8 Å². The van der Waals surface area contributed by atoms with Crippen molar-refractivity contribution in [3.8, 4) is 0 Å². The third-order valence-electron chi connectivity index (χ3n) is 4.87. The lowest BCUT2D eigenvalue weighted by Gasteiger charge is -2.19. The summed E-state index contributed by atoms with van der Waals surface area (Å²) in [5, 5.41) is 19.2. The van der Waals surface area contributed by atoms with Gasteiger partial charge in [-0.1, -0.05) is 30.0 Å². The Morgan fingerprint density at radius 2 is 2.17 bits per heavy atom. The molecule has 0 radical (unpaired) electrons. The minimum absolute atomic E-state index is 0.154. The molecular weight excluding hydrogens is 404 g/mol. The molecule has 3 aromatic heterocycles. The molecule has 0 saturated carbocycles. The van der Waals surface area contributed by atoms with Crippen LogP contribution >= 0.6 is 11.8 Å². The van der Waals surface area contributed by atoms with Gasteiger partial charge in [-0.2, -0.15) is 5.10 Å². The second-order valence-electron chi connectivity index (χ2n) is 6.73. The van der Waals surface area contributed by atoms with Gasteiger partial charge >= 0.3 is 0 Å². The molecule has 30 heavy (non-hydrogen) atoms. The number of aryl methyl sites for hydroxylation is 1. The van der Waals surface area contributed by atoms with Crippen LogP contribution in [0, 0.1) is 0 Å². The molecule has 1 atom stereocenters. The average molecular weight is 422 g/mol. The quantitative estimate of drug-likeness (QED) is 0.438. The van der Waals surface area contributed by atoms with Gasteiger partial charge in [-0.3, -0.25) is 4.79 Å². The molecule has 5 rings (SSSR count). The Balaban J connectivity index is 1.41. The third-order valence-corrected chi connectivity index (χ3v) is 5.81. The number of hydrogen-bond donors (Lipinski definition) is 0. The first-order valence-electron chi connectivity index (χ1n) is 9.54. The van der Waals surface area contributed by atoms with E-state index in [9.17, 15) is 4.79 Å². The van der Waals surface area contributed by atoms with E-state index in [1.165, 1.54) is 16.8 Å². The normalized spacial score (nSPS) is 16.4. The number of tetrazole rings is 1. The highest BCUT2D eigenvalue weighted by Crippen LogP contribution is 2.35. The summed E-state index contributed by atoms with van der Waals surface area (Å²) >= 11 is 1.29. The Bertz CT molecular complexity index is 1180. The number of fused-ring (bicyclic) bond motifs is 1. The largest absolute Gasteiger partial charge is 0.467 e. The fraction of sp³-hybridized carbons (Fsp3) is 0.250. The van der Waals surface area contributed by atoms with Gasteiger partial charge in [0, 0.05) is 18.4 Å². The van der Waals surface area contributed by atoms with E-state index in [0.717, 1.165) is 11.0 Å². The van der Waals surface area contributed by atoms with Crippen LogP contribution in [0.25, 0.3) is 11.0 Å². The van der Waals surface area contributed by atoms with E-state index in [1.807, 2.05) is 43.3 Å². The molecule has 0 N–H and O–H groups in total. The van der Waals surface area contributed by atoms with Crippen molar-refractivity contribution >= 4 is 34.3 Å². The molecule has 1 amide bonds. The van der Waals surface area contributed by atoms with E-state index in [-0.39, 0.29) is 17.7 Å². The minimum atomic E-state index is -0.321. The SMILES string of the molecule is CCn1nnnc1SCC(=O)N1N=C(c2cc3ccccc3o2)C[C@H]1c1ccco1. The molecule has 0 unspecified atom stereocenters. The van der Waals surface area contributed by atoms with Gasteiger partial charge in [-0.25, -0.2) is 9.69 Å². The maximum Gasteiger partial charge on any atom is 0.253 e. The lowest BCUT2D eigenvalue weighted by atomic mass is 10.1. The topological polar surface area (TPSA) is 103 Å². The maximum atomic E-state index is 13.0. The Hall–Kier alpha value is -3.40. The summed E-state index contributed by atoms with van der Waals surface area (Å²) in [7, 11) is 0. The number of carbonyl (C=O) groups is 1. The fourth-order valence-corrected chi connectivity index (χ4v) is 4.20. The molecule has 1 aromatic carbocycles. The van der Waals surface area contributed by atoms with E-state index in [1.54, 1.807) is 17.0 Å². The highest BCUT2D eigenvalue weighted by molar-refractivity contribution is 7.99. The van der Waals surface area contributed by atoms with Gasteiger partial charge < -0.3 is 8.83 Å². The molecule has 1 aliphatic rings. The summed E-state index contributed by atoms with van der Waals surface area (Å²) in [5.74, 6) is 1.35. The summed E-state index contributed by atoms with van der Waals surface area (Å²) < 4.78 is 13.2. The zero-order valence-corrected chi connectivity index (χ0v) is 17.0. The van der Waals surface area contributed by atoms with E-state index in [0.29, 0.717) is 35.4 Å². The van der Waals surface area contributed by atoms with Gasteiger partial charge in [0.15, 0.2) is 5.76 Å². The first kappa shape index (κ1) is 18.6. The van der Waals surface area contributed by atoms with Gasteiger partial charge in [-0.15, -0.1) is 5.10 Å². The Labute approximate surface area is 175 Å². The Morgan fingerprint density at radius 1 is 1.27 bits per heavy atom. The Morgan fingerprint density at radius 3 is 2.97 bits per heavy atom. The number of para-hydroxylation sites is 1. The molecule has 0 spiro atoms. The molecule has 10 heteroatoms. The van der Waals surface area contributed by atoms with E-state index in [4.69, 9.17) is 8.83 Å². The number of carbonyl (C=O) groups excluding carboxylic acids is 1. The fourth-order valence-electron chi connectivity index (χ4n) is 3.41. The van der Waals surface area contributed by atoms with Gasteiger partial charge in [0.05, 0.1) is 12.0 Å². The number of rotatable bonds is 6. The molecular formula is C20H18N6O3S. The van der Waals surface area contributed by atoms with Crippen LogP contribution in [-0.4, -0.2) is 42.6 Å². The zero-order chi connectivity index (χ0) is 20.5. The highest BCUT2D eigenvalue weighted by Gasteiger charge is 2.36. The lowest BCUT2D eigenvalue weighted by Crippen LogP contribution is -2.28. The smallest absolute Gasteiger partial charge is 0.253 e. The summed E-state index contributed by atoms with van der Waals surface area (Å²) in [6.45, 7) is 2.58. The van der Waals surface area contributed by atoms with Crippen LogP contribution in [0.2, 0.25) is 0 Å². The van der Waals surface area contributed by atoms with Crippen molar-refractivity contribution in [2.45, 2.75) is 31.1 Å². The molecule has 4 aromatic rings. The van der Waals surface area contributed by atoms with Crippen LogP contribution in [-0.2, 0) is 11.3 Å². The number of benzene rings is 1. The van der Waals surface area contributed by atoms with E-state index >= 15 is 0 Å². The van der Waals surface area contributed by atoms with E-state index in [2.05, 4.69) is 20.6 Å². The highest BCUT2D eigenvalue weighted by atomic mass is 32.2. The predicted octanol–water partition coefficient (Wildman–Crippen LogP) is 3.50. The molecule has 0 fully saturated rings. The standard InChI is InChI=1S/C20H18N6O3S/c1-2-25-20(21-23-24-25)30-12-19(27)26-15(17-8-5-9-28-17)11-14(22-26)18-10-13-6-3-4-7-16(13)29-18/h3-10,15H,2,11-12H2,1H3/t15-/m0/s1. The summed E-state index contributed by atoms with van der Waals surface area (Å²) in [6.07, 6.45) is 2.11. The van der Waals surface area contributed by atoms with Crippen molar-refractivity contribution in [1.29, 1.82) is 0 Å². The molecule has 0 saturated heterocycles. The molecule has 0 aliphatic carbocycles. The third kappa shape index (κ3) is 3.39. The van der Waals surface area contributed by atoms with Crippen molar-refractivity contribution in [3.05, 3.63) is 60.2 Å². The van der Waals surface area contributed by atoms with Crippen molar-refractivity contribution in [1.82, 2.24) is 25.2 Å². The van der Waals surface area contributed by atoms with E-state index < -0.39 is 0 Å². The summed E-state index contributed by atoms with van der Waals surface area (Å²) in [4.78, 5) is 13.0. The van der Waals surface area contributed by atoms with Crippen molar-refractivity contribution in [2.24, 2.45) is 5.10 Å². The van der Waals surface area contributed by atoms with Crippen LogP contribution in [0.4, 0.5) is 0 Å². The van der Waals surface area contributed by atoms with Gasteiger partial charge in [0.1, 0.15) is 23.1 Å². The number of furan rings is 2. The molecule has 152 valence electrons. The second kappa shape index (κ2) is 7.79. The van der Waals surface area contributed by atoms with Gasteiger partial charge in [0.2, 0.25) is 5.16 Å². The Kier molecular flexibility index (Phi) is 4.83. The zero-order valence-electron chi connectivity index (χ0n) is 16.1. The predicted molar refractivity (Wildman–Crippen MR) is 110 cm³/mol. The average Bonchev–Trinajstić information content (AvgIpc) is 3.55. The minimum Gasteiger partial charge on any atom is -0.467 e. The first-order valence-corrected chi connectivity index (χ1v) is 10.5. The first-order chi connectivity index (χ1) is 14.7. The molecule has 4 heterocycles. The summed E-state index contributed by atoms with van der Waals surface area (Å²) in [6, 6.07) is 13.1. The van der Waals surface area contributed by atoms with Crippen LogP contribution in [0.5, 0.6) is 0 Å². The number of hydrazone groups is 1. The van der Waals surface area contributed by atoms with Crippen molar-refractivity contribution < 1.29 is 13.6 Å². The number of nitrogens with zero attached hydrogens (tertiary/aromatic N) is 6. The second-order valence-corrected chi connectivity index (χ2v) is 7.68. The lowest BCUT2D eigenvalue weighted by molar-refractivity contribution is -0.130. The van der Waals surface area contributed by atoms with Crippen LogP contribution in [0.3, 0.4) is 0 Å². The molecule has 9 nitrogen and oxygen atoms in total. The monoisotopic (exact) mass is 422 g/mol. The number of aromatic nitrogens is 4. The van der Waals surface area contributed by atoms with Gasteiger partial charge in [-0.05, 0) is 41.6 Å². The van der Waals surface area contributed by atoms with Crippen LogP contribution in [0.1, 0.15) is 30.9 Å². The molecule has 0 bridgehead atoms. The number of amides is 1. The number of hydrogen-bond acceptors (Lipinski definition) is 8. The van der Waals surface area contributed by atoms with Crippen LogP contribution < -0.4 is 0 Å². The van der Waals surface area contributed by atoms with Crippen molar-refractivity contribution in [3.63, 3.8) is 0 Å². The summed E-state index contributed by atoms with van der Waals surface area (Å²) in [5.41, 5.74) is 1.50. The number of thioether (sulfide) groups is 1. The van der Waals surface area contributed by atoms with Gasteiger partial charge in [0.25, 0.3) is 5.91 Å². The van der Waals surface area contributed by atoms with Crippen molar-refractivity contribution in [2.75, 3.05) is 5.75 Å². The molecule has 1 aliphatic heterocycles. The maximum absolute atomic E-state index is 13.0.